The lowest BCUT2D eigenvalue weighted by Crippen LogP contribution is -2.41. The molecule has 128 valence electrons. The van der Waals surface area contributed by atoms with E-state index in [0.29, 0.717) is 24.8 Å². The van der Waals surface area contributed by atoms with Gasteiger partial charge < -0.3 is 21.1 Å². The number of para-hydroxylation sites is 1. The topological polar surface area (TPSA) is 90.5 Å². The summed E-state index contributed by atoms with van der Waals surface area (Å²) in [5.41, 5.74) is 2.37. The van der Waals surface area contributed by atoms with E-state index < -0.39 is 12.0 Å². The maximum atomic E-state index is 11.3. The van der Waals surface area contributed by atoms with Crippen molar-refractivity contribution in [2.45, 2.75) is 19.4 Å². The molecule has 0 aliphatic heterocycles. The molecule has 1 unspecified atom stereocenters. The number of carbonyl (C=O) groups excluding carboxylic acids is 1. The lowest BCUT2D eigenvalue weighted by Gasteiger charge is -2.20. The summed E-state index contributed by atoms with van der Waals surface area (Å²) in [6.07, 6.45) is 0.163. The van der Waals surface area contributed by atoms with Gasteiger partial charge in [0.25, 0.3) is 0 Å². The Bertz CT molecular complexity index is 541. The molecule has 0 bridgehead atoms. The number of carboxylic acids is 1. The molecule has 1 rings (SSSR count). The number of amides is 1. The number of carbonyl (C=O) groups is 2. The normalized spacial score (nSPS) is 11.6. The Morgan fingerprint density at radius 1 is 1.17 bits per heavy atom. The molecule has 0 fully saturated rings. The van der Waals surface area contributed by atoms with E-state index in [9.17, 15) is 14.7 Å². The molecule has 0 saturated heterocycles. The van der Waals surface area contributed by atoms with Crippen molar-refractivity contribution in [2.75, 3.05) is 35.5 Å². The van der Waals surface area contributed by atoms with Crippen molar-refractivity contribution in [3.63, 3.8) is 0 Å². The van der Waals surface area contributed by atoms with E-state index in [1.807, 2.05) is 18.2 Å². The van der Waals surface area contributed by atoms with E-state index >= 15 is 0 Å². The number of halogens is 2. The van der Waals surface area contributed by atoms with Gasteiger partial charge >= 0.3 is 5.97 Å². The fraction of sp³-hybridized carbons (Fsp3) is 0.467. The zero-order valence-electron chi connectivity index (χ0n) is 12.9. The van der Waals surface area contributed by atoms with Crippen molar-refractivity contribution < 1.29 is 14.7 Å². The van der Waals surface area contributed by atoms with Gasteiger partial charge in [-0.25, -0.2) is 4.79 Å². The minimum atomic E-state index is -1.08. The fourth-order valence-corrected chi connectivity index (χ4v) is 2.33. The van der Waals surface area contributed by atoms with Gasteiger partial charge in [-0.3, -0.25) is 4.79 Å². The highest BCUT2D eigenvalue weighted by molar-refractivity contribution is 6.18. The van der Waals surface area contributed by atoms with Gasteiger partial charge in [0.05, 0.1) is 11.4 Å². The predicted molar refractivity (Wildman–Crippen MR) is 93.8 cm³/mol. The molecule has 4 N–H and O–H groups in total. The lowest BCUT2D eigenvalue weighted by atomic mass is 10.0. The van der Waals surface area contributed by atoms with E-state index in [0.717, 1.165) is 16.9 Å². The SMILES string of the molecule is CC(=O)NC(Cc1cccc(NCCCl)c1NCCCl)C(=O)O. The number of hydrogen-bond acceptors (Lipinski definition) is 4. The number of hydrogen-bond donors (Lipinski definition) is 4. The molecule has 0 aliphatic carbocycles. The molecule has 1 amide bonds. The summed E-state index contributed by atoms with van der Waals surface area (Å²) in [5.74, 6) is -0.605. The second-order valence-corrected chi connectivity index (χ2v) is 5.62. The van der Waals surface area contributed by atoms with Crippen LogP contribution in [0.25, 0.3) is 0 Å². The van der Waals surface area contributed by atoms with E-state index in [2.05, 4.69) is 16.0 Å². The Morgan fingerprint density at radius 2 is 1.83 bits per heavy atom. The Balaban J connectivity index is 3.06. The van der Waals surface area contributed by atoms with Crippen LogP contribution in [0, 0.1) is 0 Å². The maximum absolute atomic E-state index is 11.3. The standard InChI is InChI=1S/C15H21Cl2N3O3/c1-10(21)20-13(15(22)23)9-11-3-2-4-12(18-7-5-16)14(11)19-8-6-17/h2-4,13,18-19H,5-9H2,1H3,(H,20,21)(H,22,23). The highest BCUT2D eigenvalue weighted by Gasteiger charge is 2.21. The van der Waals surface area contributed by atoms with Gasteiger partial charge in [-0.15, -0.1) is 23.2 Å². The fourth-order valence-electron chi connectivity index (χ4n) is 2.15. The van der Waals surface area contributed by atoms with Crippen LogP contribution in [0.1, 0.15) is 12.5 Å². The van der Waals surface area contributed by atoms with Gasteiger partial charge in [0.1, 0.15) is 6.04 Å². The second kappa shape index (κ2) is 10.2. The third-order valence-electron chi connectivity index (χ3n) is 3.06. The zero-order chi connectivity index (χ0) is 17.2. The van der Waals surface area contributed by atoms with Crippen LogP contribution >= 0.6 is 23.2 Å². The Kier molecular flexibility index (Phi) is 8.58. The molecule has 0 radical (unpaired) electrons. The third-order valence-corrected chi connectivity index (χ3v) is 3.43. The molecular weight excluding hydrogens is 341 g/mol. The number of anilines is 2. The molecule has 0 aromatic heterocycles. The molecule has 0 spiro atoms. The van der Waals surface area contributed by atoms with E-state index in [1.165, 1.54) is 6.92 Å². The van der Waals surface area contributed by atoms with Crippen molar-refractivity contribution >= 4 is 46.5 Å². The molecular formula is C15H21Cl2N3O3. The summed E-state index contributed by atoms with van der Waals surface area (Å²) < 4.78 is 0. The van der Waals surface area contributed by atoms with Crippen LogP contribution in [0.4, 0.5) is 11.4 Å². The van der Waals surface area contributed by atoms with Crippen molar-refractivity contribution in [3.05, 3.63) is 23.8 Å². The molecule has 0 aliphatic rings. The molecule has 0 heterocycles. The lowest BCUT2D eigenvalue weighted by molar-refractivity contribution is -0.141. The summed E-state index contributed by atoms with van der Waals surface area (Å²) >= 11 is 11.4. The molecule has 0 saturated carbocycles. The first kappa shape index (κ1) is 19.4. The zero-order valence-corrected chi connectivity index (χ0v) is 14.4. The Hall–Kier alpha value is -1.66. The van der Waals surface area contributed by atoms with Crippen molar-refractivity contribution in [1.82, 2.24) is 5.32 Å². The quantitative estimate of drug-likeness (QED) is 0.479. The molecule has 6 nitrogen and oxygen atoms in total. The summed E-state index contributed by atoms with van der Waals surface area (Å²) in [7, 11) is 0. The van der Waals surface area contributed by atoms with Gasteiger partial charge in [-0.1, -0.05) is 12.1 Å². The van der Waals surface area contributed by atoms with Gasteiger partial charge in [0.15, 0.2) is 0 Å². The second-order valence-electron chi connectivity index (χ2n) is 4.87. The summed E-state index contributed by atoms with van der Waals surface area (Å²) in [6.45, 7) is 2.40. The first-order chi connectivity index (χ1) is 11.0. The van der Waals surface area contributed by atoms with Crippen LogP contribution in [0.2, 0.25) is 0 Å². The average molecular weight is 362 g/mol. The summed E-state index contributed by atoms with van der Waals surface area (Å²) in [4.78, 5) is 22.5. The highest BCUT2D eigenvalue weighted by atomic mass is 35.5. The molecule has 1 aromatic rings. The maximum Gasteiger partial charge on any atom is 0.326 e. The van der Waals surface area contributed by atoms with Gasteiger partial charge in [-0.05, 0) is 11.6 Å². The number of alkyl halides is 2. The van der Waals surface area contributed by atoms with Crippen LogP contribution in [0.3, 0.4) is 0 Å². The number of nitrogens with one attached hydrogen (secondary N) is 3. The highest BCUT2D eigenvalue weighted by Crippen LogP contribution is 2.27. The van der Waals surface area contributed by atoms with Crippen LogP contribution in [0.5, 0.6) is 0 Å². The summed E-state index contributed by atoms with van der Waals surface area (Å²) in [6, 6.07) is 4.53. The van der Waals surface area contributed by atoms with Crippen LogP contribution in [-0.2, 0) is 16.0 Å². The average Bonchev–Trinajstić information content (AvgIpc) is 2.50. The first-order valence-corrected chi connectivity index (χ1v) is 8.28. The Labute approximate surface area is 145 Å². The van der Waals surface area contributed by atoms with E-state index in [4.69, 9.17) is 23.2 Å². The van der Waals surface area contributed by atoms with Crippen LogP contribution in [-0.4, -0.2) is 47.9 Å². The van der Waals surface area contributed by atoms with Crippen LogP contribution < -0.4 is 16.0 Å². The minimum absolute atomic E-state index is 0.163. The van der Waals surface area contributed by atoms with Gasteiger partial charge in [0, 0.05) is 38.2 Å². The van der Waals surface area contributed by atoms with Gasteiger partial charge in [-0.2, -0.15) is 0 Å². The number of carboxylic acid groups (broad SMARTS) is 1. The predicted octanol–water partition coefficient (Wildman–Crippen LogP) is 2.12. The summed E-state index contributed by atoms with van der Waals surface area (Å²) in [5, 5.41) is 18.1. The van der Waals surface area contributed by atoms with Crippen molar-refractivity contribution in [1.29, 1.82) is 0 Å². The Morgan fingerprint density at radius 3 is 2.39 bits per heavy atom. The minimum Gasteiger partial charge on any atom is -0.480 e. The monoisotopic (exact) mass is 361 g/mol. The van der Waals surface area contributed by atoms with Crippen LogP contribution in [0.15, 0.2) is 18.2 Å². The van der Waals surface area contributed by atoms with Crippen molar-refractivity contribution in [3.8, 4) is 0 Å². The molecule has 1 atom stereocenters. The van der Waals surface area contributed by atoms with E-state index in [-0.39, 0.29) is 12.3 Å². The number of benzene rings is 1. The largest absolute Gasteiger partial charge is 0.480 e. The first-order valence-electron chi connectivity index (χ1n) is 7.21. The molecule has 8 heteroatoms. The third kappa shape index (κ3) is 6.54. The number of aliphatic carboxylic acids is 1. The number of rotatable bonds is 10. The van der Waals surface area contributed by atoms with Crippen molar-refractivity contribution in [2.24, 2.45) is 0 Å². The van der Waals surface area contributed by atoms with Gasteiger partial charge in [0.2, 0.25) is 5.91 Å². The smallest absolute Gasteiger partial charge is 0.326 e. The molecule has 23 heavy (non-hydrogen) atoms. The molecule has 1 aromatic carbocycles. The van der Waals surface area contributed by atoms with E-state index in [1.54, 1.807) is 0 Å².